The van der Waals surface area contributed by atoms with Crippen LogP contribution >= 0.6 is 0 Å². The predicted octanol–water partition coefficient (Wildman–Crippen LogP) is 1.15. The first kappa shape index (κ1) is 15.3. The number of rotatable bonds is 4. The molecule has 1 amide bonds. The smallest absolute Gasteiger partial charge is 0.259 e. The molecule has 2 heterocycles. The number of ether oxygens (including phenoxy) is 1. The lowest BCUT2D eigenvalue weighted by atomic mass is 10.1. The molecule has 1 aromatic heterocycles. The van der Waals surface area contributed by atoms with E-state index in [-0.39, 0.29) is 11.9 Å². The molecule has 21 heavy (non-hydrogen) atoms. The van der Waals surface area contributed by atoms with Crippen LogP contribution in [-0.2, 0) is 0 Å². The fourth-order valence-electron chi connectivity index (χ4n) is 2.55. The fraction of sp³-hybridized carbons (Fsp3) is 0.533. The molecule has 0 aromatic carbocycles. The van der Waals surface area contributed by atoms with Crippen molar-refractivity contribution in [2.75, 3.05) is 33.3 Å². The third-order valence-electron chi connectivity index (χ3n) is 3.77. The molecule has 1 atom stereocenters. The van der Waals surface area contributed by atoms with Crippen LogP contribution in [0.25, 0.3) is 0 Å². The molecule has 0 aliphatic carbocycles. The Morgan fingerprint density at radius 3 is 2.76 bits per heavy atom. The average Bonchev–Trinajstić information content (AvgIpc) is 2.56. The number of carbonyl (C=O) groups excluding carboxylic acids is 1. The van der Waals surface area contributed by atoms with Gasteiger partial charge in [-0.2, -0.15) is 5.26 Å². The van der Waals surface area contributed by atoms with Crippen molar-refractivity contribution in [3.63, 3.8) is 0 Å². The second kappa shape index (κ2) is 7.04. The number of hydrogen-bond donors (Lipinski definition) is 0. The Balaban J connectivity index is 2.02. The van der Waals surface area contributed by atoms with E-state index < -0.39 is 0 Å². The Morgan fingerprint density at radius 1 is 1.48 bits per heavy atom. The second-order valence-electron chi connectivity index (χ2n) is 4.94. The first-order valence-electron chi connectivity index (χ1n) is 7.13. The molecule has 0 bridgehead atoms. The van der Waals surface area contributed by atoms with Gasteiger partial charge in [0.2, 0.25) is 5.88 Å². The molecule has 1 unspecified atom stereocenters. The number of amides is 1. The highest BCUT2D eigenvalue weighted by atomic mass is 16.5. The van der Waals surface area contributed by atoms with Gasteiger partial charge >= 0.3 is 0 Å². The van der Waals surface area contributed by atoms with Crippen LogP contribution in [-0.4, -0.2) is 60.0 Å². The molecule has 0 spiro atoms. The maximum atomic E-state index is 12.5. The molecule has 1 fully saturated rings. The standard InChI is InChI=1S/C15H20N4O2/c1-3-12(11-16)18-7-9-19(10-8-18)15(20)13-5-4-6-17-14(13)21-2/h4-6,12H,3,7-10H2,1-2H3. The Hall–Kier alpha value is -2.13. The van der Waals surface area contributed by atoms with Crippen LogP contribution in [0, 0.1) is 11.3 Å². The maximum Gasteiger partial charge on any atom is 0.259 e. The van der Waals surface area contributed by atoms with Crippen molar-refractivity contribution in [1.82, 2.24) is 14.8 Å². The molecule has 1 aliphatic rings. The SMILES string of the molecule is CCC(C#N)N1CCN(C(=O)c2cccnc2OC)CC1. The summed E-state index contributed by atoms with van der Waals surface area (Å²) in [5.41, 5.74) is 0.487. The lowest BCUT2D eigenvalue weighted by Crippen LogP contribution is -2.51. The zero-order valence-corrected chi connectivity index (χ0v) is 12.5. The Bertz CT molecular complexity index is 533. The molecule has 2 rings (SSSR count). The summed E-state index contributed by atoms with van der Waals surface area (Å²) in [6, 6.07) is 5.71. The quantitative estimate of drug-likeness (QED) is 0.831. The van der Waals surface area contributed by atoms with Gasteiger partial charge in [0.05, 0.1) is 19.2 Å². The molecule has 1 saturated heterocycles. The van der Waals surface area contributed by atoms with E-state index in [2.05, 4.69) is 16.0 Å². The molecule has 6 heteroatoms. The summed E-state index contributed by atoms with van der Waals surface area (Å²) in [6.45, 7) is 4.69. The molecule has 0 radical (unpaired) electrons. The molecule has 1 aromatic rings. The highest BCUT2D eigenvalue weighted by Gasteiger charge is 2.27. The van der Waals surface area contributed by atoms with Gasteiger partial charge in [0, 0.05) is 32.4 Å². The van der Waals surface area contributed by atoms with Crippen LogP contribution in [0.1, 0.15) is 23.7 Å². The van der Waals surface area contributed by atoms with E-state index in [1.807, 2.05) is 6.92 Å². The van der Waals surface area contributed by atoms with E-state index in [9.17, 15) is 4.79 Å². The Labute approximate surface area is 124 Å². The summed E-state index contributed by atoms with van der Waals surface area (Å²) in [5.74, 6) is 0.290. The van der Waals surface area contributed by atoms with Crippen LogP contribution in [0.2, 0.25) is 0 Å². The van der Waals surface area contributed by atoms with Crippen molar-refractivity contribution < 1.29 is 9.53 Å². The van der Waals surface area contributed by atoms with E-state index >= 15 is 0 Å². The average molecular weight is 288 g/mol. The third-order valence-corrected chi connectivity index (χ3v) is 3.77. The lowest BCUT2D eigenvalue weighted by Gasteiger charge is -2.36. The van der Waals surface area contributed by atoms with Crippen molar-refractivity contribution >= 4 is 5.91 Å². The normalized spacial score (nSPS) is 17.1. The van der Waals surface area contributed by atoms with Crippen LogP contribution < -0.4 is 4.74 Å². The predicted molar refractivity (Wildman–Crippen MR) is 78.0 cm³/mol. The molecule has 0 N–H and O–H groups in total. The first-order valence-corrected chi connectivity index (χ1v) is 7.13. The minimum atomic E-state index is -0.0652. The van der Waals surface area contributed by atoms with Gasteiger partial charge in [-0.15, -0.1) is 0 Å². The van der Waals surface area contributed by atoms with Crippen molar-refractivity contribution in [3.05, 3.63) is 23.9 Å². The monoisotopic (exact) mass is 288 g/mol. The van der Waals surface area contributed by atoms with E-state index in [1.54, 1.807) is 23.2 Å². The van der Waals surface area contributed by atoms with Gasteiger partial charge in [-0.25, -0.2) is 4.98 Å². The lowest BCUT2D eigenvalue weighted by molar-refractivity contribution is 0.0600. The summed E-state index contributed by atoms with van der Waals surface area (Å²) < 4.78 is 5.14. The maximum absolute atomic E-state index is 12.5. The fourth-order valence-corrected chi connectivity index (χ4v) is 2.55. The summed E-state index contributed by atoms with van der Waals surface area (Å²) >= 11 is 0. The summed E-state index contributed by atoms with van der Waals surface area (Å²) in [6.07, 6.45) is 2.41. The second-order valence-corrected chi connectivity index (χ2v) is 4.94. The van der Waals surface area contributed by atoms with Gasteiger partial charge in [0.15, 0.2) is 0 Å². The minimum absolute atomic E-state index is 0.0600. The van der Waals surface area contributed by atoms with Crippen molar-refractivity contribution in [2.45, 2.75) is 19.4 Å². The zero-order chi connectivity index (χ0) is 15.2. The van der Waals surface area contributed by atoms with E-state index in [0.717, 1.165) is 19.5 Å². The van der Waals surface area contributed by atoms with Crippen molar-refractivity contribution in [3.8, 4) is 11.9 Å². The molecule has 112 valence electrons. The molecular weight excluding hydrogens is 268 g/mol. The third kappa shape index (κ3) is 3.31. The number of pyridine rings is 1. The topological polar surface area (TPSA) is 69.5 Å². The zero-order valence-electron chi connectivity index (χ0n) is 12.5. The van der Waals surface area contributed by atoms with Crippen LogP contribution in [0.15, 0.2) is 18.3 Å². The van der Waals surface area contributed by atoms with Gasteiger partial charge in [-0.05, 0) is 18.6 Å². The summed E-state index contributed by atoms with van der Waals surface area (Å²) in [4.78, 5) is 20.5. The van der Waals surface area contributed by atoms with E-state index in [0.29, 0.717) is 24.5 Å². The van der Waals surface area contributed by atoms with Crippen molar-refractivity contribution in [1.29, 1.82) is 5.26 Å². The van der Waals surface area contributed by atoms with Crippen molar-refractivity contribution in [2.24, 2.45) is 0 Å². The van der Waals surface area contributed by atoms with Gasteiger partial charge < -0.3 is 9.64 Å². The number of nitriles is 1. The number of methoxy groups -OCH3 is 1. The summed E-state index contributed by atoms with van der Waals surface area (Å²) in [5, 5.41) is 9.10. The minimum Gasteiger partial charge on any atom is -0.480 e. The number of carbonyl (C=O) groups is 1. The Kier molecular flexibility index (Phi) is 5.12. The molecule has 6 nitrogen and oxygen atoms in total. The number of piperazine rings is 1. The van der Waals surface area contributed by atoms with Gasteiger partial charge in [0.25, 0.3) is 5.91 Å². The van der Waals surface area contributed by atoms with Crippen LogP contribution in [0.3, 0.4) is 0 Å². The number of aromatic nitrogens is 1. The van der Waals surface area contributed by atoms with E-state index in [1.165, 1.54) is 7.11 Å². The summed E-state index contributed by atoms with van der Waals surface area (Å²) in [7, 11) is 1.51. The van der Waals surface area contributed by atoms with Crippen LogP contribution in [0.4, 0.5) is 0 Å². The molecule has 0 saturated carbocycles. The van der Waals surface area contributed by atoms with Crippen LogP contribution in [0.5, 0.6) is 5.88 Å². The largest absolute Gasteiger partial charge is 0.480 e. The number of nitrogens with zero attached hydrogens (tertiary/aromatic N) is 4. The van der Waals surface area contributed by atoms with E-state index in [4.69, 9.17) is 10.00 Å². The Morgan fingerprint density at radius 2 is 2.19 bits per heavy atom. The number of hydrogen-bond acceptors (Lipinski definition) is 5. The van der Waals surface area contributed by atoms with Gasteiger partial charge in [-0.1, -0.05) is 6.92 Å². The molecule has 1 aliphatic heterocycles. The van der Waals surface area contributed by atoms with Gasteiger partial charge in [-0.3, -0.25) is 9.69 Å². The van der Waals surface area contributed by atoms with Gasteiger partial charge in [0.1, 0.15) is 5.56 Å². The first-order chi connectivity index (χ1) is 10.2. The highest BCUT2D eigenvalue weighted by Crippen LogP contribution is 2.18. The molecular formula is C15H20N4O2. The highest BCUT2D eigenvalue weighted by molar-refractivity contribution is 5.96.